The van der Waals surface area contributed by atoms with Crippen molar-refractivity contribution in [2.24, 2.45) is 5.41 Å². The van der Waals surface area contributed by atoms with Crippen LogP contribution in [0.2, 0.25) is 0 Å². The Morgan fingerprint density at radius 2 is 2.42 bits per heavy atom. The van der Waals surface area contributed by atoms with E-state index in [2.05, 4.69) is 15.1 Å². The average Bonchev–Trinajstić information content (AvgIpc) is 2.46. The summed E-state index contributed by atoms with van der Waals surface area (Å²) in [5, 5.41) is 7.72. The second-order valence-electron chi connectivity index (χ2n) is 4.08. The molecular weight excluding hydrogens is 150 g/mol. The van der Waals surface area contributed by atoms with Gasteiger partial charge < -0.3 is 5.32 Å². The van der Waals surface area contributed by atoms with Crippen molar-refractivity contribution >= 4 is 5.82 Å². The Morgan fingerprint density at radius 3 is 3.17 bits per heavy atom. The molecule has 3 nitrogen and oxygen atoms in total. The Labute approximate surface area is 71.8 Å². The number of anilines is 1. The van der Waals surface area contributed by atoms with E-state index in [1.165, 1.54) is 25.1 Å². The van der Waals surface area contributed by atoms with Gasteiger partial charge in [0.2, 0.25) is 0 Å². The van der Waals surface area contributed by atoms with Crippen molar-refractivity contribution in [3.05, 3.63) is 12.3 Å². The summed E-state index contributed by atoms with van der Waals surface area (Å²) in [4.78, 5) is 0. The Kier molecular flexibility index (Phi) is 1.10. The second kappa shape index (κ2) is 2.03. The van der Waals surface area contributed by atoms with Crippen LogP contribution in [0, 0.1) is 5.41 Å². The first-order valence-electron chi connectivity index (χ1n) is 4.64. The molecule has 1 fully saturated rings. The molecule has 64 valence electrons. The van der Waals surface area contributed by atoms with E-state index >= 15 is 0 Å². The molecule has 1 spiro atoms. The standard InChI is InChI=1S/C9H13N3/c1-3-9(4-1)6-10-8-2-5-11-12(8)7-9/h2,5,10H,1,3-4,6-7H2. The molecular formula is C9H13N3. The van der Waals surface area contributed by atoms with Gasteiger partial charge in [-0.05, 0) is 12.8 Å². The van der Waals surface area contributed by atoms with Gasteiger partial charge in [0.1, 0.15) is 5.82 Å². The summed E-state index contributed by atoms with van der Waals surface area (Å²) in [6, 6.07) is 2.05. The maximum Gasteiger partial charge on any atom is 0.124 e. The van der Waals surface area contributed by atoms with Gasteiger partial charge in [0.25, 0.3) is 0 Å². The van der Waals surface area contributed by atoms with Crippen LogP contribution in [0.25, 0.3) is 0 Å². The van der Waals surface area contributed by atoms with Crippen LogP contribution < -0.4 is 5.32 Å². The van der Waals surface area contributed by atoms with E-state index in [0.29, 0.717) is 5.41 Å². The van der Waals surface area contributed by atoms with Crippen molar-refractivity contribution in [1.82, 2.24) is 9.78 Å². The van der Waals surface area contributed by atoms with Crippen LogP contribution in [0.1, 0.15) is 19.3 Å². The van der Waals surface area contributed by atoms with Crippen molar-refractivity contribution in [1.29, 1.82) is 0 Å². The number of fused-ring (bicyclic) bond motifs is 1. The molecule has 1 aliphatic carbocycles. The molecule has 0 unspecified atom stereocenters. The molecule has 0 atom stereocenters. The highest BCUT2D eigenvalue weighted by atomic mass is 15.3. The molecule has 12 heavy (non-hydrogen) atoms. The molecule has 0 radical (unpaired) electrons. The fourth-order valence-electron chi connectivity index (χ4n) is 2.27. The van der Waals surface area contributed by atoms with Crippen molar-refractivity contribution in [2.45, 2.75) is 25.8 Å². The van der Waals surface area contributed by atoms with Crippen LogP contribution >= 0.6 is 0 Å². The minimum atomic E-state index is 0.555. The molecule has 2 heterocycles. The van der Waals surface area contributed by atoms with Crippen molar-refractivity contribution in [3.8, 4) is 0 Å². The highest BCUT2D eigenvalue weighted by Gasteiger charge is 2.40. The van der Waals surface area contributed by atoms with Crippen molar-refractivity contribution in [3.63, 3.8) is 0 Å². The molecule has 0 saturated heterocycles. The van der Waals surface area contributed by atoms with Crippen LogP contribution in [-0.4, -0.2) is 16.3 Å². The van der Waals surface area contributed by atoms with Gasteiger partial charge in [-0.3, -0.25) is 0 Å². The average molecular weight is 163 g/mol. The zero-order valence-corrected chi connectivity index (χ0v) is 7.08. The predicted octanol–water partition coefficient (Wildman–Crippen LogP) is 1.48. The van der Waals surface area contributed by atoms with E-state index in [0.717, 1.165) is 13.1 Å². The fourth-order valence-corrected chi connectivity index (χ4v) is 2.27. The molecule has 1 aromatic rings. The van der Waals surface area contributed by atoms with E-state index in [9.17, 15) is 0 Å². The summed E-state index contributed by atoms with van der Waals surface area (Å²) >= 11 is 0. The summed E-state index contributed by atoms with van der Waals surface area (Å²) in [6.07, 6.45) is 6.02. The van der Waals surface area contributed by atoms with Gasteiger partial charge in [-0.2, -0.15) is 5.10 Å². The molecule has 1 saturated carbocycles. The number of nitrogens with one attached hydrogen (secondary N) is 1. The number of aromatic nitrogens is 2. The lowest BCUT2D eigenvalue weighted by atomic mass is 9.68. The van der Waals surface area contributed by atoms with E-state index in [-0.39, 0.29) is 0 Å². The zero-order chi connectivity index (χ0) is 8.02. The van der Waals surface area contributed by atoms with Gasteiger partial charge in [0.05, 0.1) is 12.7 Å². The molecule has 2 aliphatic rings. The van der Waals surface area contributed by atoms with Crippen LogP contribution in [0.3, 0.4) is 0 Å². The molecule has 3 heteroatoms. The van der Waals surface area contributed by atoms with E-state index in [1.807, 2.05) is 12.3 Å². The quantitative estimate of drug-likeness (QED) is 0.627. The summed E-state index contributed by atoms with van der Waals surface area (Å²) in [5.74, 6) is 1.19. The molecule has 1 aromatic heterocycles. The normalized spacial score (nSPS) is 24.3. The molecule has 1 N–H and O–H groups in total. The summed E-state index contributed by atoms with van der Waals surface area (Å²) in [6.45, 7) is 2.28. The lowest BCUT2D eigenvalue weighted by Gasteiger charge is -2.45. The number of hydrogen-bond donors (Lipinski definition) is 1. The van der Waals surface area contributed by atoms with Gasteiger partial charge in [-0.25, -0.2) is 4.68 Å². The number of hydrogen-bond acceptors (Lipinski definition) is 2. The first-order valence-corrected chi connectivity index (χ1v) is 4.64. The lowest BCUT2D eigenvalue weighted by molar-refractivity contribution is 0.108. The second-order valence-corrected chi connectivity index (χ2v) is 4.08. The maximum atomic E-state index is 4.29. The van der Waals surface area contributed by atoms with Crippen LogP contribution in [0.4, 0.5) is 5.82 Å². The monoisotopic (exact) mass is 163 g/mol. The molecule has 0 aromatic carbocycles. The Hall–Kier alpha value is -0.990. The van der Waals surface area contributed by atoms with Gasteiger partial charge in [0, 0.05) is 18.0 Å². The first kappa shape index (κ1) is 6.52. The lowest BCUT2D eigenvalue weighted by Crippen LogP contribution is -2.44. The molecule has 3 rings (SSSR count). The minimum absolute atomic E-state index is 0.555. The van der Waals surface area contributed by atoms with Crippen LogP contribution in [0.15, 0.2) is 12.3 Å². The van der Waals surface area contributed by atoms with E-state index < -0.39 is 0 Å². The van der Waals surface area contributed by atoms with Gasteiger partial charge >= 0.3 is 0 Å². The summed E-state index contributed by atoms with van der Waals surface area (Å²) < 4.78 is 2.10. The third kappa shape index (κ3) is 0.737. The summed E-state index contributed by atoms with van der Waals surface area (Å²) in [5.41, 5.74) is 0.555. The Morgan fingerprint density at radius 1 is 1.50 bits per heavy atom. The van der Waals surface area contributed by atoms with Crippen molar-refractivity contribution in [2.75, 3.05) is 11.9 Å². The molecule has 1 aliphatic heterocycles. The maximum absolute atomic E-state index is 4.29. The highest BCUT2D eigenvalue weighted by molar-refractivity contribution is 5.36. The highest BCUT2D eigenvalue weighted by Crippen LogP contribution is 2.44. The predicted molar refractivity (Wildman–Crippen MR) is 47.0 cm³/mol. The van der Waals surface area contributed by atoms with Gasteiger partial charge in [0.15, 0.2) is 0 Å². The molecule has 0 amide bonds. The van der Waals surface area contributed by atoms with Gasteiger partial charge in [-0.15, -0.1) is 0 Å². The van der Waals surface area contributed by atoms with Crippen LogP contribution in [0.5, 0.6) is 0 Å². The third-order valence-corrected chi connectivity index (χ3v) is 3.26. The topological polar surface area (TPSA) is 29.9 Å². The minimum Gasteiger partial charge on any atom is -0.370 e. The van der Waals surface area contributed by atoms with Crippen molar-refractivity contribution < 1.29 is 0 Å². The van der Waals surface area contributed by atoms with E-state index in [4.69, 9.17) is 0 Å². The summed E-state index contributed by atoms with van der Waals surface area (Å²) in [7, 11) is 0. The van der Waals surface area contributed by atoms with E-state index in [1.54, 1.807) is 0 Å². The zero-order valence-electron chi connectivity index (χ0n) is 7.08. The Bertz CT molecular complexity index is 298. The Balaban J connectivity index is 1.93. The van der Waals surface area contributed by atoms with Crippen LogP contribution in [-0.2, 0) is 6.54 Å². The SMILES string of the molecule is c1cc2n(n1)CC1(CCC1)CN2. The van der Waals surface area contributed by atoms with Gasteiger partial charge in [-0.1, -0.05) is 6.42 Å². The molecule has 0 bridgehead atoms. The first-order chi connectivity index (χ1) is 5.88. The number of rotatable bonds is 0. The largest absolute Gasteiger partial charge is 0.370 e. The number of nitrogens with zero attached hydrogens (tertiary/aromatic N) is 2. The smallest absolute Gasteiger partial charge is 0.124 e. The fraction of sp³-hybridized carbons (Fsp3) is 0.667. The third-order valence-electron chi connectivity index (χ3n) is 3.26.